The van der Waals surface area contributed by atoms with E-state index in [1.807, 2.05) is 12.1 Å². The molecular weight excluding hydrogens is 306 g/mol. The Hall–Kier alpha value is -2.27. The summed E-state index contributed by atoms with van der Waals surface area (Å²) in [4.78, 5) is 14.0. The Kier molecular flexibility index (Phi) is 4.26. The van der Waals surface area contributed by atoms with Crippen LogP contribution in [0.2, 0.25) is 0 Å². The summed E-state index contributed by atoms with van der Waals surface area (Å²) < 4.78 is 17.0. The van der Waals surface area contributed by atoms with E-state index in [0.717, 1.165) is 30.4 Å². The molecule has 0 N–H and O–H groups in total. The van der Waals surface area contributed by atoms with Crippen molar-refractivity contribution in [1.29, 1.82) is 0 Å². The summed E-state index contributed by atoms with van der Waals surface area (Å²) in [5, 5.41) is 1.79. The van der Waals surface area contributed by atoms with E-state index in [9.17, 15) is 4.79 Å². The van der Waals surface area contributed by atoms with Gasteiger partial charge >= 0.3 is 5.63 Å². The van der Waals surface area contributed by atoms with Gasteiger partial charge < -0.3 is 13.6 Å². The number of ether oxygens (including phenoxy) is 1. The lowest BCUT2D eigenvalue weighted by atomic mass is 10.1. The largest absolute Gasteiger partial charge is 0.485 e. The van der Waals surface area contributed by atoms with E-state index in [1.165, 1.54) is 31.7 Å². The van der Waals surface area contributed by atoms with E-state index in [-0.39, 0.29) is 5.63 Å². The van der Waals surface area contributed by atoms with Gasteiger partial charge in [-0.2, -0.15) is 0 Å². The van der Waals surface area contributed by atoms with Crippen molar-refractivity contribution in [2.45, 2.75) is 25.7 Å². The quantitative estimate of drug-likeness (QED) is 0.682. The molecule has 0 radical (unpaired) electrons. The van der Waals surface area contributed by atoms with Crippen molar-refractivity contribution in [2.75, 3.05) is 26.2 Å². The minimum absolute atomic E-state index is 0.384. The van der Waals surface area contributed by atoms with Gasteiger partial charge in [-0.25, -0.2) is 4.79 Å². The highest BCUT2D eigenvalue weighted by Crippen LogP contribution is 2.34. The Morgan fingerprint density at radius 1 is 1.00 bits per heavy atom. The van der Waals surface area contributed by atoms with Crippen LogP contribution in [-0.4, -0.2) is 31.1 Å². The molecule has 2 aromatic heterocycles. The van der Waals surface area contributed by atoms with E-state index in [1.54, 1.807) is 12.3 Å². The van der Waals surface area contributed by atoms with Gasteiger partial charge in [0.25, 0.3) is 0 Å². The van der Waals surface area contributed by atoms with Gasteiger partial charge in [0, 0.05) is 23.4 Å². The highest BCUT2D eigenvalue weighted by atomic mass is 16.5. The van der Waals surface area contributed by atoms with Crippen LogP contribution in [-0.2, 0) is 0 Å². The van der Waals surface area contributed by atoms with Gasteiger partial charge in [-0.05, 0) is 44.1 Å². The Balaban J connectivity index is 1.60. The molecule has 0 amide bonds. The summed E-state index contributed by atoms with van der Waals surface area (Å²) in [6.07, 6.45) is 6.78. The fourth-order valence-electron chi connectivity index (χ4n) is 3.37. The smallest absolute Gasteiger partial charge is 0.336 e. The molecule has 0 unspecified atom stereocenters. The Bertz CT molecular complexity index is 887. The molecule has 4 rings (SSSR count). The zero-order valence-corrected chi connectivity index (χ0v) is 13.6. The summed E-state index contributed by atoms with van der Waals surface area (Å²) in [5.74, 6) is 0.528. The number of hydrogen-bond donors (Lipinski definition) is 0. The molecule has 126 valence electrons. The number of nitrogens with zero attached hydrogens (tertiary/aromatic N) is 1. The summed E-state index contributed by atoms with van der Waals surface area (Å²) in [7, 11) is 0. The molecule has 24 heavy (non-hydrogen) atoms. The number of rotatable bonds is 4. The molecule has 1 aliphatic rings. The third-order valence-electron chi connectivity index (χ3n) is 4.64. The first-order valence-corrected chi connectivity index (χ1v) is 8.60. The number of benzene rings is 1. The lowest BCUT2D eigenvalue weighted by molar-refractivity contribution is 0.214. The van der Waals surface area contributed by atoms with E-state index in [0.29, 0.717) is 23.5 Å². The molecule has 0 bridgehead atoms. The standard InChI is InChI=1S/C19H21NO4/c21-16-6-5-14-13-15-7-11-22-17(15)19(18(14)24-16)23-12-10-20-8-3-1-2-4-9-20/h5-7,11,13H,1-4,8-10,12H2. The first-order valence-electron chi connectivity index (χ1n) is 8.60. The molecule has 1 aliphatic heterocycles. The maximum absolute atomic E-state index is 11.6. The van der Waals surface area contributed by atoms with Gasteiger partial charge in [-0.15, -0.1) is 0 Å². The zero-order valence-electron chi connectivity index (χ0n) is 13.6. The maximum atomic E-state index is 11.6. The second kappa shape index (κ2) is 6.69. The number of fused-ring (bicyclic) bond motifs is 2. The first-order chi connectivity index (χ1) is 11.8. The minimum Gasteiger partial charge on any atom is -0.485 e. The first kappa shape index (κ1) is 15.3. The number of hydrogen-bond acceptors (Lipinski definition) is 5. The predicted molar refractivity (Wildman–Crippen MR) is 92.7 cm³/mol. The fourth-order valence-corrected chi connectivity index (χ4v) is 3.37. The molecular formula is C19H21NO4. The van der Waals surface area contributed by atoms with E-state index >= 15 is 0 Å². The predicted octanol–water partition coefficient (Wildman–Crippen LogP) is 3.79. The maximum Gasteiger partial charge on any atom is 0.336 e. The van der Waals surface area contributed by atoms with Crippen LogP contribution < -0.4 is 10.4 Å². The minimum atomic E-state index is -0.384. The van der Waals surface area contributed by atoms with Crippen molar-refractivity contribution in [3.63, 3.8) is 0 Å². The Morgan fingerprint density at radius 2 is 1.79 bits per heavy atom. The Labute approximate surface area is 139 Å². The van der Waals surface area contributed by atoms with Crippen LogP contribution in [0.5, 0.6) is 5.75 Å². The van der Waals surface area contributed by atoms with Crippen LogP contribution in [0.25, 0.3) is 21.9 Å². The summed E-state index contributed by atoms with van der Waals surface area (Å²) in [6.45, 7) is 3.68. The average Bonchev–Trinajstić information content (AvgIpc) is 2.89. The fraction of sp³-hybridized carbons (Fsp3) is 0.421. The normalized spacial score (nSPS) is 16.5. The van der Waals surface area contributed by atoms with E-state index in [2.05, 4.69) is 4.90 Å². The van der Waals surface area contributed by atoms with Crippen molar-refractivity contribution in [3.05, 3.63) is 40.9 Å². The lowest BCUT2D eigenvalue weighted by Gasteiger charge is -2.19. The SMILES string of the molecule is O=c1ccc2cc3ccoc3c(OCCN3CCCCCC3)c2o1. The Morgan fingerprint density at radius 3 is 2.62 bits per heavy atom. The van der Waals surface area contributed by atoms with Gasteiger partial charge in [-0.3, -0.25) is 4.90 Å². The molecule has 0 saturated carbocycles. The van der Waals surface area contributed by atoms with E-state index in [4.69, 9.17) is 13.6 Å². The van der Waals surface area contributed by atoms with Crippen LogP contribution in [0.3, 0.4) is 0 Å². The lowest BCUT2D eigenvalue weighted by Crippen LogP contribution is -2.29. The number of likely N-dealkylation sites (tertiary alicyclic amines) is 1. The molecule has 5 nitrogen and oxygen atoms in total. The van der Waals surface area contributed by atoms with Crippen LogP contribution in [0.4, 0.5) is 0 Å². The molecule has 1 aromatic carbocycles. The number of furan rings is 1. The highest BCUT2D eigenvalue weighted by molar-refractivity contribution is 5.99. The van der Waals surface area contributed by atoms with Gasteiger partial charge in [0.05, 0.1) is 6.26 Å². The molecule has 5 heteroatoms. The molecule has 1 fully saturated rings. The van der Waals surface area contributed by atoms with Crippen molar-refractivity contribution >= 4 is 21.9 Å². The van der Waals surface area contributed by atoms with E-state index < -0.39 is 0 Å². The third-order valence-corrected chi connectivity index (χ3v) is 4.64. The van der Waals surface area contributed by atoms with Crippen LogP contribution in [0.1, 0.15) is 25.7 Å². The second-order valence-electron chi connectivity index (χ2n) is 6.32. The van der Waals surface area contributed by atoms with Gasteiger partial charge in [0.2, 0.25) is 5.75 Å². The van der Waals surface area contributed by atoms with Crippen molar-refractivity contribution in [2.24, 2.45) is 0 Å². The zero-order chi connectivity index (χ0) is 16.4. The van der Waals surface area contributed by atoms with Gasteiger partial charge in [0.1, 0.15) is 6.61 Å². The molecule has 3 heterocycles. The molecule has 0 spiro atoms. The van der Waals surface area contributed by atoms with Gasteiger partial charge in [-0.1, -0.05) is 12.8 Å². The third kappa shape index (κ3) is 3.04. The summed E-state index contributed by atoms with van der Waals surface area (Å²) in [6, 6.07) is 7.02. The van der Waals surface area contributed by atoms with Crippen molar-refractivity contribution in [1.82, 2.24) is 4.90 Å². The average molecular weight is 327 g/mol. The van der Waals surface area contributed by atoms with Crippen molar-refractivity contribution in [3.8, 4) is 5.75 Å². The van der Waals surface area contributed by atoms with Crippen molar-refractivity contribution < 1.29 is 13.6 Å². The summed E-state index contributed by atoms with van der Waals surface area (Å²) in [5.41, 5.74) is 0.708. The van der Waals surface area contributed by atoms with Crippen LogP contribution in [0, 0.1) is 0 Å². The molecule has 0 aliphatic carbocycles. The monoisotopic (exact) mass is 327 g/mol. The topological polar surface area (TPSA) is 55.8 Å². The van der Waals surface area contributed by atoms with Crippen LogP contribution >= 0.6 is 0 Å². The molecule has 0 atom stereocenters. The molecule has 1 saturated heterocycles. The molecule has 3 aromatic rings. The second-order valence-corrected chi connectivity index (χ2v) is 6.32. The highest BCUT2D eigenvalue weighted by Gasteiger charge is 2.15. The summed E-state index contributed by atoms with van der Waals surface area (Å²) >= 11 is 0. The van der Waals surface area contributed by atoms with Gasteiger partial charge in [0.15, 0.2) is 11.2 Å². The van der Waals surface area contributed by atoms with Crippen LogP contribution in [0.15, 0.2) is 44.2 Å².